The van der Waals surface area contributed by atoms with E-state index < -0.39 is 41.8 Å². The molecule has 3 amide bonds. The normalized spacial score (nSPS) is 14.5. The smallest absolute Gasteiger partial charge is 0.326 e. The molecule has 9 nitrogen and oxygen atoms in total. The Morgan fingerprint density at radius 2 is 1.35 bits per heavy atom. The van der Waals surface area contributed by atoms with Crippen molar-refractivity contribution in [3.05, 3.63) is 0 Å². The van der Waals surface area contributed by atoms with Crippen LogP contribution in [0.1, 0.15) is 47.5 Å². The number of carboxylic acid groups (broad SMARTS) is 1. The lowest BCUT2D eigenvalue weighted by molar-refractivity contribution is -0.142. The molecule has 0 radical (unpaired) electrons. The van der Waals surface area contributed by atoms with E-state index in [0.29, 0.717) is 6.42 Å². The van der Waals surface area contributed by atoms with Gasteiger partial charge in [-0.25, -0.2) is 4.79 Å². The minimum atomic E-state index is -1.12. The summed E-state index contributed by atoms with van der Waals surface area (Å²) in [6.07, 6.45) is 0.673. The minimum absolute atomic E-state index is 0.0925. The molecule has 0 heterocycles. The maximum absolute atomic E-state index is 12.3. The van der Waals surface area contributed by atoms with Gasteiger partial charge in [0.05, 0.1) is 12.6 Å². The Bertz CT molecular complexity index is 505. The first-order valence-corrected chi connectivity index (χ1v) is 8.79. The van der Waals surface area contributed by atoms with Crippen molar-refractivity contribution >= 4 is 23.7 Å². The zero-order chi connectivity index (χ0) is 20.4. The number of hydrogen-bond acceptors (Lipinski definition) is 5. The van der Waals surface area contributed by atoms with E-state index in [9.17, 15) is 19.2 Å². The first-order chi connectivity index (χ1) is 11.9. The lowest BCUT2D eigenvalue weighted by atomic mass is 10.0. The van der Waals surface area contributed by atoms with Crippen LogP contribution in [0.5, 0.6) is 0 Å². The van der Waals surface area contributed by atoms with Gasteiger partial charge >= 0.3 is 5.97 Å². The number of nitrogens with one attached hydrogen (secondary N) is 3. The van der Waals surface area contributed by atoms with Crippen molar-refractivity contribution in [2.45, 2.75) is 65.6 Å². The highest BCUT2D eigenvalue weighted by atomic mass is 16.4. The molecule has 0 spiro atoms. The highest BCUT2D eigenvalue weighted by molar-refractivity contribution is 5.92. The summed E-state index contributed by atoms with van der Waals surface area (Å²) in [5.41, 5.74) is 5.50. The van der Waals surface area contributed by atoms with Gasteiger partial charge in [0.15, 0.2) is 0 Å². The van der Waals surface area contributed by atoms with Gasteiger partial charge in [0, 0.05) is 0 Å². The maximum Gasteiger partial charge on any atom is 0.326 e. The van der Waals surface area contributed by atoms with Gasteiger partial charge in [0.25, 0.3) is 0 Å². The average molecular weight is 372 g/mol. The summed E-state index contributed by atoms with van der Waals surface area (Å²) in [6.45, 7) is 8.63. The second-order valence-electron chi connectivity index (χ2n) is 7.29. The topological polar surface area (TPSA) is 151 Å². The molecular formula is C17H32N4O5. The summed E-state index contributed by atoms with van der Waals surface area (Å²) in [5, 5.41) is 16.5. The van der Waals surface area contributed by atoms with Crippen LogP contribution in [0.25, 0.3) is 0 Å². The number of amides is 3. The lowest BCUT2D eigenvalue weighted by Gasteiger charge is -2.21. The summed E-state index contributed by atoms with van der Waals surface area (Å²) in [4.78, 5) is 47.1. The predicted molar refractivity (Wildman–Crippen MR) is 97.1 cm³/mol. The van der Waals surface area contributed by atoms with Crippen molar-refractivity contribution in [3.63, 3.8) is 0 Å². The van der Waals surface area contributed by atoms with E-state index in [4.69, 9.17) is 10.8 Å². The van der Waals surface area contributed by atoms with Crippen LogP contribution in [0.3, 0.4) is 0 Å². The molecular weight excluding hydrogens is 340 g/mol. The van der Waals surface area contributed by atoms with Gasteiger partial charge in [-0.2, -0.15) is 0 Å². The fourth-order valence-electron chi connectivity index (χ4n) is 2.23. The predicted octanol–water partition coefficient (Wildman–Crippen LogP) is -0.404. The van der Waals surface area contributed by atoms with Crippen molar-refractivity contribution in [2.24, 2.45) is 17.6 Å². The van der Waals surface area contributed by atoms with Gasteiger partial charge in [-0.1, -0.05) is 27.7 Å². The van der Waals surface area contributed by atoms with Gasteiger partial charge in [-0.05, 0) is 31.6 Å². The van der Waals surface area contributed by atoms with Gasteiger partial charge in [-0.3, -0.25) is 14.4 Å². The van der Waals surface area contributed by atoms with Crippen LogP contribution in [0.15, 0.2) is 0 Å². The molecule has 0 aliphatic carbocycles. The molecule has 0 saturated carbocycles. The fourth-order valence-corrected chi connectivity index (χ4v) is 2.23. The van der Waals surface area contributed by atoms with E-state index in [0.717, 1.165) is 0 Å². The maximum atomic E-state index is 12.3. The monoisotopic (exact) mass is 372 g/mol. The number of carboxylic acids is 1. The first kappa shape index (κ1) is 23.8. The van der Waals surface area contributed by atoms with E-state index in [1.165, 1.54) is 6.92 Å². The Morgan fingerprint density at radius 1 is 0.846 bits per heavy atom. The molecule has 1 unspecified atom stereocenters. The van der Waals surface area contributed by atoms with Gasteiger partial charge in [-0.15, -0.1) is 0 Å². The van der Waals surface area contributed by atoms with E-state index in [1.54, 1.807) is 0 Å². The first-order valence-electron chi connectivity index (χ1n) is 8.79. The minimum Gasteiger partial charge on any atom is -0.480 e. The highest BCUT2D eigenvalue weighted by Crippen LogP contribution is 2.06. The summed E-state index contributed by atoms with van der Waals surface area (Å²) >= 11 is 0. The van der Waals surface area contributed by atoms with Crippen LogP contribution >= 0.6 is 0 Å². The molecule has 0 rings (SSSR count). The number of carbonyl (C=O) groups excluding carboxylic acids is 3. The molecule has 9 heteroatoms. The third-order valence-corrected chi connectivity index (χ3v) is 3.52. The number of aliphatic carboxylic acids is 1. The SMILES string of the molecule is CC(C)C[C@H](NC(=O)CNC(=O)[C@H](CC(C)C)NC(=O)C(C)N)C(=O)O. The number of nitrogens with two attached hydrogens (primary N) is 1. The molecule has 0 aromatic rings. The van der Waals surface area contributed by atoms with E-state index in [1.807, 2.05) is 27.7 Å². The van der Waals surface area contributed by atoms with Crippen LogP contribution in [-0.2, 0) is 19.2 Å². The van der Waals surface area contributed by atoms with Crippen LogP contribution in [0.4, 0.5) is 0 Å². The molecule has 6 N–H and O–H groups in total. The van der Waals surface area contributed by atoms with E-state index in [2.05, 4.69) is 16.0 Å². The molecule has 0 aliphatic rings. The van der Waals surface area contributed by atoms with Crippen molar-refractivity contribution in [1.29, 1.82) is 0 Å². The largest absolute Gasteiger partial charge is 0.480 e. The highest BCUT2D eigenvalue weighted by Gasteiger charge is 2.25. The average Bonchev–Trinajstić information content (AvgIpc) is 2.50. The van der Waals surface area contributed by atoms with Crippen molar-refractivity contribution in [2.75, 3.05) is 6.54 Å². The molecule has 150 valence electrons. The molecule has 0 bridgehead atoms. The molecule has 0 aromatic carbocycles. The molecule has 3 atom stereocenters. The van der Waals surface area contributed by atoms with Crippen LogP contribution in [0.2, 0.25) is 0 Å². The van der Waals surface area contributed by atoms with Crippen molar-refractivity contribution < 1.29 is 24.3 Å². The van der Waals surface area contributed by atoms with Gasteiger partial charge in [0.2, 0.25) is 17.7 Å². The molecule has 26 heavy (non-hydrogen) atoms. The van der Waals surface area contributed by atoms with Crippen LogP contribution in [-0.4, -0.2) is 53.5 Å². The van der Waals surface area contributed by atoms with E-state index >= 15 is 0 Å². The molecule has 0 aliphatic heterocycles. The third-order valence-electron chi connectivity index (χ3n) is 3.52. The van der Waals surface area contributed by atoms with Crippen LogP contribution < -0.4 is 21.7 Å². The second-order valence-corrected chi connectivity index (χ2v) is 7.29. The molecule has 0 saturated heterocycles. The Balaban J connectivity index is 4.70. The summed E-state index contributed by atoms with van der Waals surface area (Å²) in [6, 6.07) is -2.58. The second kappa shape index (κ2) is 11.5. The van der Waals surface area contributed by atoms with Crippen molar-refractivity contribution in [1.82, 2.24) is 16.0 Å². The lowest BCUT2D eigenvalue weighted by Crippen LogP contribution is -2.53. The number of carbonyl (C=O) groups is 4. The van der Waals surface area contributed by atoms with Crippen LogP contribution in [0, 0.1) is 11.8 Å². The van der Waals surface area contributed by atoms with Gasteiger partial charge < -0.3 is 26.8 Å². The Morgan fingerprint density at radius 3 is 1.77 bits per heavy atom. The zero-order valence-corrected chi connectivity index (χ0v) is 16.2. The molecule has 0 aromatic heterocycles. The summed E-state index contributed by atoms with van der Waals surface area (Å²) in [5.74, 6) is -2.48. The standard InChI is InChI=1S/C17H32N4O5/c1-9(2)6-12(21-15(23)11(5)18)16(24)19-8-14(22)20-13(17(25)26)7-10(3)4/h9-13H,6-8,18H2,1-5H3,(H,19,24)(H,20,22)(H,21,23)(H,25,26)/t11?,12-,13-/m0/s1. The van der Waals surface area contributed by atoms with Crippen molar-refractivity contribution in [3.8, 4) is 0 Å². The Kier molecular flexibility index (Phi) is 10.5. The summed E-state index contributed by atoms with van der Waals surface area (Å²) in [7, 11) is 0. The van der Waals surface area contributed by atoms with Gasteiger partial charge in [0.1, 0.15) is 12.1 Å². The fraction of sp³-hybridized carbons (Fsp3) is 0.765. The zero-order valence-electron chi connectivity index (χ0n) is 16.2. The Hall–Kier alpha value is -2.16. The Labute approximate surface area is 154 Å². The third kappa shape index (κ3) is 9.97. The molecule has 0 fully saturated rings. The number of hydrogen-bond donors (Lipinski definition) is 5. The van der Waals surface area contributed by atoms with E-state index in [-0.39, 0.29) is 24.8 Å². The quantitative estimate of drug-likeness (QED) is 0.333. The summed E-state index contributed by atoms with van der Waals surface area (Å²) < 4.78 is 0. The number of rotatable bonds is 11.